The maximum atomic E-state index is 12.1. The molecule has 0 radical (unpaired) electrons. The third kappa shape index (κ3) is 24.1. The summed E-state index contributed by atoms with van der Waals surface area (Å²) in [5, 5.41) is 0. The number of hydrogen-bond acceptors (Lipinski definition) is 3. The van der Waals surface area contributed by atoms with Gasteiger partial charge in [0.05, 0.1) is 6.61 Å². The zero-order valence-corrected chi connectivity index (χ0v) is 22.8. The SMILES string of the molecule is CCCCCCCCCCC(=O)CCCCCCC(=O)OCC(CCCC)CCCCCC. The van der Waals surface area contributed by atoms with Gasteiger partial charge < -0.3 is 4.74 Å². The van der Waals surface area contributed by atoms with Gasteiger partial charge in [0, 0.05) is 19.3 Å². The van der Waals surface area contributed by atoms with E-state index in [1.165, 1.54) is 96.3 Å². The lowest BCUT2D eigenvalue weighted by Gasteiger charge is -2.16. The van der Waals surface area contributed by atoms with E-state index in [-0.39, 0.29) is 5.97 Å². The first kappa shape index (κ1) is 32.1. The van der Waals surface area contributed by atoms with Crippen molar-refractivity contribution in [2.45, 2.75) is 168 Å². The number of rotatable bonds is 26. The van der Waals surface area contributed by atoms with Crippen LogP contribution in [0.3, 0.4) is 0 Å². The van der Waals surface area contributed by atoms with Crippen molar-refractivity contribution in [2.24, 2.45) is 5.92 Å². The van der Waals surface area contributed by atoms with Crippen LogP contribution in [0, 0.1) is 5.92 Å². The van der Waals surface area contributed by atoms with Gasteiger partial charge in [0.15, 0.2) is 0 Å². The Bertz CT molecular complexity index is 432. The number of ether oxygens (including phenoxy) is 1. The summed E-state index contributed by atoms with van der Waals surface area (Å²) in [6.45, 7) is 7.33. The van der Waals surface area contributed by atoms with Gasteiger partial charge in [-0.3, -0.25) is 9.59 Å². The Balaban J connectivity index is 3.62. The molecule has 0 rings (SSSR count). The molecule has 3 nitrogen and oxygen atoms in total. The average Bonchev–Trinajstić information content (AvgIpc) is 2.81. The molecule has 0 aromatic carbocycles. The molecule has 1 unspecified atom stereocenters. The molecule has 0 aliphatic carbocycles. The van der Waals surface area contributed by atoms with E-state index in [0.29, 0.717) is 24.7 Å². The molecule has 0 heterocycles. The first-order chi connectivity index (χ1) is 16.1. The third-order valence-corrected chi connectivity index (χ3v) is 6.81. The molecule has 3 heteroatoms. The minimum atomic E-state index is -0.0316. The predicted molar refractivity (Wildman–Crippen MR) is 143 cm³/mol. The second-order valence-electron chi connectivity index (χ2n) is 10.2. The number of unbranched alkanes of at least 4 members (excludes halogenated alkanes) is 14. The monoisotopic (exact) mass is 466 g/mol. The van der Waals surface area contributed by atoms with Crippen LogP contribution in [-0.4, -0.2) is 18.4 Å². The second-order valence-corrected chi connectivity index (χ2v) is 10.2. The third-order valence-electron chi connectivity index (χ3n) is 6.81. The minimum Gasteiger partial charge on any atom is -0.465 e. The smallest absolute Gasteiger partial charge is 0.305 e. The predicted octanol–water partition coefficient (Wildman–Crippen LogP) is 9.75. The quantitative estimate of drug-likeness (QED) is 0.0940. The van der Waals surface area contributed by atoms with Gasteiger partial charge >= 0.3 is 5.97 Å². The number of ketones is 1. The first-order valence-electron chi connectivity index (χ1n) is 14.8. The zero-order valence-electron chi connectivity index (χ0n) is 22.8. The Morgan fingerprint density at radius 2 is 0.939 bits per heavy atom. The topological polar surface area (TPSA) is 43.4 Å². The van der Waals surface area contributed by atoms with Crippen molar-refractivity contribution < 1.29 is 14.3 Å². The van der Waals surface area contributed by atoms with Crippen molar-refractivity contribution in [3.8, 4) is 0 Å². The summed E-state index contributed by atoms with van der Waals surface area (Å²) in [7, 11) is 0. The fourth-order valence-electron chi connectivity index (χ4n) is 4.47. The number of carbonyl (C=O) groups is 2. The van der Waals surface area contributed by atoms with Gasteiger partial charge in [-0.2, -0.15) is 0 Å². The van der Waals surface area contributed by atoms with E-state index in [2.05, 4.69) is 20.8 Å². The summed E-state index contributed by atoms with van der Waals surface area (Å²) in [6.07, 6.45) is 26.2. The highest BCUT2D eigenvalue weighted by molar-refractivity contribution is 5.78. The molecule has 0 N–H and O–H groups in total. The lowest BCUT2D eigenvalue weighted by Crippen LogP contribution is -2.14. The highest BCUT2D eigenvalue weighted by atomic mass is 16.5. The molecule has 33 heavy (non-hydrogen) atoms. The van der Waals surface area contributed by atoms with Crippen molar-refractivity contribution in [2.75, 3.05) is 6.61 Å². The molecule has 1 atom stereocenters. The molecule has 0 aliphatic heterocycles. The lowest BCUT2D eigenvalue weighted by atomic mass is 9.96. The summed E-state index contributed by atoms with van der Waals surface area (Å²) < 4.78 is 5.60. The van der Waals surface area contributed by atoms with Crippen LogP contribution in [0.25, 0.3) is 0 Å². The summed E-state index contributed by atoms with van der Waals surface area (Å²) in [6, 6.07) is 0. The molecule has 0 aromatic rings. The van der Waals surface area contributed by atoms with Gasteiger partial charge in [-0.25, -0.2) is 0 Å². The van der Waals surface area contributed by atoms with Crippen molar-refractivity contribution in [1.29, 1.82) is 0 Å². The molecular weight excluding hydrogens is 408 g/mol. The molecule has 0 aliphatic rings. The van der Waals surface area contributed by atoms with E-state index in [9.17, 15) is 9.59 Å². The molecule has 0 fully saturated rings. The van der Waals surface area contributed by atoms with Gasteiger partial charge in [0.1, 0.15) is 5.78 Å². The van der Waals surface area contributed by atoms with E-state index in [4.69, 9.17) is 4.74 Å². The van der Waals surface area contributed by atoms with Crippen LogP contribution in [0.15, 0.2) is 0 Å². The second kappa shape index (κ2) is 25.8. The van der Waals surface area contributed by atoms with E-state index in [1.54, 1.807) is 0 Å². The zero-order chi connectivity index (χ0) is 24.4. The minimum absolute atomic E-state index is 0.0316. The van der Waals surface area contributed by atoms with E-state index >= 15 is 0 Å². The van der Waals surface area contributed by atoms with Crippen LogP contribution in [0.5, 0.6) is 0 Å². The fourth-order valence-corrected chi connectivity index (χ4v) is 4.47. The lowest BCUT2D eigenvalue weighted by molar-refractivity contribution is -0.145. The van der Waals surface area contributed by atoms with E-state index in [0.717, 1.165) is 44.9 Å². The molecule has 0 saturated heterocycles. The molecule has 0 bridgehead atoms. The Hall–Kier alpha value is -0.860. The van der Waals surface area contributed by atoms with Gasteiger partial charge in [0.2, 0.25) is 0 Å². The highest BCUT2D eigenvalue weighted by Crippen LogP contribution is 2.18. The summed E-state index contributed by atoms with van der Waals surface area (Å²) in [4.78, 5) is 24.1. The van der Waals surface area contributed by atoms with Crippen molar-refractivity contribution in [1.82, 2.24) is 0 Å². The Labute approximate surface area is 207 Å². The van der Waals surface area contributed by atoms with Crippen LogP contribution in [0.2, 0.25) is 0 Å². The highest BCUT2D eigenvalue weighted by Gasteiger charge is 2.12. The molecule has 0 saturated carbocycles. The molecule has 0 aromatic heterocycles. The Kier molecular flexibility index (Phi) is 25.1. The van der Waals surface area contributed by atoms with Crippen LogP contribution >= 0.6 is 0 Å². The van der Waals surface area contributed by atoms with Gasteiger partial charge in [0.25, 0.3) is 0 Å². The van der Waals surface area contributed by atoms with Crippen LogP contribution in [0.4, 0.5) is 0 Å². The number of carbonyl (C=O) groups excluding carboxylic acids is 2. The van der Waals surface area contributed by atoms with Crippen LogP contribution in [-0.2, 0) is 14.3 Å². The largest absolute Gasteiger partial charge is 0.465 e. The van der Waals surface area contributed by atoms with Crippen molar-refractivity contribution in [3.05, 3.63) is 0 Å². The fraction of sp³-hybridized carbons (Fsp3) is 0.933. The standard InChI is InChI=1S/C30H58O3/c1-4-7-10-12-13-14-15-19-24-29(31)25-20-16-17-21-26-30(32)33-27-28(22-9-6-3)23-18-11-8-5-2/h28H,4-27H2,1-3H3. The molecular formula is C30H58O3. The summed E-state index contributed by atoms with van der Waals surface area (Å²) >= 11 is 0. The van der Waals surface area contributed by atoms with Gasteiger partial charge in [-0.15, -0.1) is 0 Å². The van der Waals surface area contributed by atoms with Crippen molar-refractivity contribution in [3.63, 3.8) is 0 Å². The number of esters is 1. The van der Waals surface area contributed by atoms with Gasteiger partial charge in [-0.05, 0) is 38.0 Å². The van der Waals surface area contributed by atoms with Crippen LogP contribution in [0.1, 0.15) is 168 Å². The average molecular weight is 467 g/mol. The number of Topliss-reactive ketones (excluding diaryl/α,β-unsaturated/α-hetero) is 1. The Morgan fingerprint density at radius 1 is 0.515 bits per heavy atom. The van der Waals surface area contributed by atoms with Gasteiger partial charge in [-0.1, -0.05) is 117 Å². The van der Waals surface area contributed by atoms with Crippen LogP contribution < -0.4 is 0 Å². The summed E-state index contributed by atoms with van der Waals surface area (Å²) in [5.74, 6) is 0.936. The maximum absolute atomic E-state index is 12.1. The molecule has 0 amide bonds. The maximum Gasteiger partial charge on any atom is 0.305 e. The van der Waals surface area contributed by atoms with E-state index in [1.807, 2.05) is 0 Å². The molecule has 196 valence electrons. The summed E-state index contributed by atoms with van der Waals surface area (Å²) in [5.41, 5.74) is 0. The Morgan fingerprint density at radius 3 is 1.48 bits per heavy atom. The molecule has 0 spiro atoms. The normalized spacial score (nSPS) is 12.1. The first-order valence-corrected chi connectivity index (χ1v) is 14.8. The van der Waals surface area contributed by atoms with Crippen molar-refractivity contribution >= 4 is 11.8 Å². The van der Waals surface area contributed by atoms with E-state index < -0.39 is 0 Å². The number of hydrogen-bond donors (Lipinski definition) is 0.